The Morgan fingerprint density at radius 3 is 2.69 bits per heavy atom. The van der Waals surface area contributed by atoms with Crippen molar-refractivity contribution in [2.75, 3.05) is 19.7 Å². The largest absolute Gasteiger partial charge is 0.376 e. The van der Waals surface area contributed by atoms with Crippen LogP contribution in [0, 0.1) is 0 Å². The minimum absolute atomic E-state index is 0.105. The number of carbonyl (C=O) groups is 3. The van der Waals surface area contributed by atoms with E-state index in [-0.39, 0.29) is 35.9 Å². The number of carbonyl (C=O) groups excluding carboxylic acids is 3. The molecule has 0 aliphatic carbocycles. The molecule has 1 atom stereocenters. The number of hydrogen-bond donors (Lipinski definition) is 0. The molecule has 1 aromatic heterocycles. The van der Waals surface area contributed by atoms with Crippen LogP contribution in [0.3, 0.4) is 0 Å². The van der Waals surface area contributed by atoms with Crippen molar-refractivity contribution in [3.05, 3.63) is 56.2 Å². The fraction of sp³-hybridized carbons (Fsp3) is 0.381. The Bertz CT molecular complexity index is 967. The van der Waals surface area contributed by atoms with Crippen molar-refractivity contribution in [2.45, 2.75) is 32.4 Å². The number of fused-ring (bicyclic) bond motifs is 1. The highest BCUT2D eigenvalue weighted by Gasteiger charge is 2.38. The summed E-state index contributed by atoms with van der Waals surface area (Å²) in [4.78, 5) is 42.4. The van der Waals surface area contributed by atoms with Crippen LogP contribution in [0.2, 0.25) is 4.34 Å². The molecule has 1 fully saturated rings. The summed E-state index contributed by atoms with van der Waals surface area (Å²) in [5.41, 5.74) is 1.03. The summed E-state index contributed by atoms with van der Waals surface area (Å²) in [5, 5.41) is 0. The molecule has 4 rings (SSSR count). The molecule has 152 valence electrons. The van der Waals surface area contributed by atoms with E-state index in [0.29, 0.717) is 35.2 Å². The molecule has 1 aromatic carbocycles. The standard InChI is InChI=1S/C21H21ClN2O4S/c1-2-23(12-15-6-8-18(22)29-15)19(25)13-5-7-16-17(10-13)21(27)24(20(16)26)11-14-4-3-9-28-14/h5-8,10,14H,2-4,9,11-12H2,1H3. The van der Waals surface area contributed by atoms with E-state index in [4.69, 9.17) is 16.3 Å². The molecular formula is C21H21ClN2O4S. The van der Waals surface area contributed by atoms with Crippen LogP contribution in [0.25, 0.3) is 0 Å². The van der Waals surface area contributed by atoms with Gasteiger partial charge in [-0.1, -0.05) is 11.6 Å². The number of rotatable bonds is 6. The molecule has 29 heavy (non-hydrogen) atoms. The average Bonchev–Trinajstić information content (AvgIpc) is 3.44. The van der Waals surface area contributed by atoms with Gasteiger partial charge in [0.2, 0.25) is 0 Å². The van der Waals surface area contributed by atoms with E-state index in [1.165, 1.54) is 22.3 Å². The van der Waals surface area contributed by atoms with Crippen LogP contribution in [0.4, 0.5) is 0 Å². The zero-order valence-electron chi connectivity index (χ0n) is 16.0. The molecule has 2 aromatic rings. The van der Waals surface area contributed by atoms with Gasteiger partial charge < -0.3 is 9.64 Å². The molecule has 0 radical (unpaired) electrons. The first-order valence-corrected chi connectivity index (χ1v) is 10.8. The van der Waals surface area contributed by atoms with Gasteiger partial charge in [0.15, 0.2) is 0 Å². The predicted octanol–water partition coefficient (Wildman–Crippen LogP) is 3.84. The van der Waals surface area contributed by atoms with Crippen molar-refractivity contribution < 1.29 is 19.1 Å². The topological polar surface area (TPSA) is 66.9 Å². The van der Waals surface area contributed by atoms with Crippen molar-refractivity contribution in [1.82, 2.24) is 9.80 Å². The maximum Gasteiger partial charge on any atom is 0.261 e. The maximum atomic E-state index is 13.0. The molecule has 3 amide bonds. The van der Waals surface area contributed by atoms with E-state index in [2.05, 4.69) is 0 Å². The Balaban J connectivity index is 1.53. The lowest BCUT2D eigenvalue weighted by molar-refractivity contribution is 0.0475. The first-order valence-electron chi connectivity index (χ1n) is 9.63. The molecule has 1 unspecified atom stereocenters. The average molecular weight is 433 g/mol. The van der Waals surface area contributed by atoms with Crippen molar-refractivity contribution in [1.29, 1.82) is 0 Å². The van der Waals surface area contributed by atoms with Gasteiger partial charge in [0.05, 0.1) is 34.7 Å². The van der Waals surface area contributed by atoms with Gasteiger partial charge in [-0.2, -0.15) is 0 Å². The van der Waals surface area contributed by atoms with Crippen LogP contribution in [0.15, 0.2) is 30.3 Å². The number of imide groups is 1. The zero-order valence-corrected chi connectivity index (χ0v) is 17.6. The summed E-state index contributed by atoms with van der Waals surface area (Å²) in [5.74, 6) is -0.860. The van der Waals surface area contributed by atoms with Gasteiger partial charge in [0.1, 0.15) is 0 Å². The second-order valence-corrected chi connectivity index (χ2v) is 8.94. The second-order valence-electron chi connectivity index (χ2n) is 7.14. The molecule has 0 bridgehead atoms. The monoisotopic (exact) mass is 432 g/mol. The van der Waals surface area contributed by atoms with Crippen LogP contribution in [-0.2, 0) is 11.3 Å². The molecular weight excluding hydrogens is 412 g/mol. The van der Waals surface area contributed by atoms with E-state index in [1.54, 1.807) is 17.0 Å². The fourth-order valence-electron chi connectivity index (χ4n) is 3.72. The molecule has 3 heterocycles. The summed E-state index contributed by atoms with van der Waals surface area (Å²) in [6, 6.07) is 8.44. The highest BCUT2D eigenvalue weighted by Crippen LogP contribution is 2.27. The van der Waals surface area contributed by atoms with Gasteiger partial charge >= 0.3 is 0 Å². The molecule has 8 heteroatoms. The Hall–Kier alpha value is -2.22. The first kappa shape index (κ1) is 20.1. The number of thiophene rings is 1. The Morgan fingerprint density at radius 1 is 1.24 bits per heavy atom. The molecule has 0 spiro atoms. The molecule has 0 N–H and O–H groups in total. The summed E-state index contributed by atoms with van der Waals surface area (Å²) in [6.07, 6.45) is 1.68. The minimum Gasteiger partial charge on any atom is -0.376 e. The summed E-state index contributed by atoms with van der Waals surface area (Å²) < 4.78 is 6.24. The summed E-state index contributed by atoms with van der Waals surface area (Å²) >= 11 is 7.42. The van der Waals surface area contributed by atoms with Crippen LogP contribution in [0.1, 0.15) is 55.7 Å². The number of hydrogen-bond acceptors (Lipinski definition) is 5. The Kier molecular flexibility index (Phi) is 5.72. The highest BCUT2D eigenvalue weighted by atomic mass is 35.5. The normalized spacial score (nSPS) is 18.4. The van der Waals surface area contributed by atoms with Gasteiger partial charge in [-0.25, -0.2) is 0 Å². The van der Waals surface area contributed by atoms with Gasteiger partial charge in [-0.05, 0) is 50.1 Å². The van der Waals surface area contributed by atoms with Crippen molar-refractivity contribution in [3.63, 3.8) is 0 Å². The van der Waals surface area contributed by atoms with Gasteiger partial charge in [-0.15, -0.1) is 11.3 Å². The lowest BCUT2D eigenvalue weighted by Crippen LogP contribution is -2.36. The predicted molar refractivity (Wildman–Crippen MR) is 111 cm³/mol. The molecule has 1 saturated heterocycles. The maximum absolute atomic E-state index is 13.0. The van der Waals surface area contributed by atoms with Gasteiger partial charge in [0.25, 0.3) is 17.7 Å². The minimum atomic E-state index is -0.358. The third kappa shape index (κ3) is 3.95. The second kappa shape index (κ2) is 8.26. The lowest BCUT2D eigenvalue weighted by atomic mass is 10.0. The van der Waals surface area contributed by atoms with Crippen molar-refractivity contribution >= 4 is 40.7 Å². The zero-order chi connectivity index (χ0) is 20.5. The smallest absolute Gasteiger partial charge is 0.261 e. The fourth-order valence-corrected chi connectivity index (χ4v) is 4.82. The summed E-state index contributed by atoms with van der Waals surface area (Å²) in [6.45, 7) is 3.79. The SMILES string of the molecule is CCN(Cc1ccc(Cl)s1)C(=O)c1ccc2c(c1)C(=O)N(CC1CCCO1)C2=O. The van der Waals surface area contributed by atoms with E-state index in [0.717, 1.165) is 17.7 Å². The molecule has 2 aliphatic heterocycles. The van der Waals surface area contributed by atoms with E-state index in [9.17, 15) is 14.4 Å². The summed E-state index contributed by atoms with van der Waals surface area (Å²) in [7, 11) is 0. The highest BCUT2D eigenvalue weighted by molar-refractivity contribution is 7.16. The van der Waals surface area contributed by atoms with Gasteiger partial charge in [-0.3, -0.25) is 19.3 Å². The number of ether oxygens (including phenoxy) is 1. The third-order valence-corrected chi connectivity index (χ3v) is 6.49. The van der Waals surface area contributed by atoms with Crippen LogP contribution < -0.4 is 0 Å². The number of benzene rings is 1. The van der Waals surface area contributed by atoms with Crippen LogP contribution >= 0.6 is 22.9 Å². The van der Waals surface area contributed by atoms with Crippen molar-refractivity contribution in [3.8, 4) is 0 Å². The van der Waals surface area contributed by atoms with E-state index in [1.807, 2.05) is 19.1 Å². The number of halogens is 1. The van der Waals surface area contributed by atoms with E-state index >= 15 is 0 Å². The Labute approximate surface area is 178 Å². The lowest BCUT2D eigenvalue weighted by Gasteiger charge is -2.20. The van der Waals surface area contributed by atoms with E-state index < -0.39 is 0 Å². The van der Waals surface area contributed by atoms with Crippen molar-refractivity contribution in [2.24, 2.45) is 0 Å². The quantitative estimate of drug-likeness (QED) is 0.650. The number of nitrogens with zero attached hydrogens (tertiary/aromatic N) is 2. The Morgan fingerprint density at radius 2 is 2.03 bits per heavy atom. The van der Waals surface area contributed by atoms with Gasteiger partial charge in [0, 0.05) is 23.6 Å². The molecule has 6 nitrogen and oxygen atoms in total. The third-order valence-electron chi connectivity index (χ3n) is 5.27. The molecule has 2 aliphatic rings. The first-order chi connectivity index (χ1) is 14.0. The number of amides is 3. The van der Waals surface area contributed by atoms with Crippen LogP contribution in [-0.4, -0.2) is 53.3 Å². The molecule has 0 saturated carbocycles. The van der Waals surface area contributed by atoms with Crippen LogP contribution in [0.5, 0.6) is 0 Å².